The Labute approximate surface area is 114 Å². The zero-order chi connectivity index (χ0) is 14.9. The summed E-state index contributed by atoms with van der Waals surface area (Å²) >= 11 is 0. The number of aryl methyl sites for hydroxylation is 1. The van der Waals surface area contributed by atoms with Gasteiger partial charge in [0.25, 0.3) is 0 Å². The summed E-state index contributed by atoms with van der Waals surface area (Å²) < 4.78 is 43.1. The molecule has 5 heteroatoms. The molecule has 1 heterocycles. The molecule has 108 valence electrons. The van der Waals surface area contributed by atoms with Gasteiger partial charge in [0.2, 0.25) is 0 Å². The minimum absolute atomic E-state index is 0.464. The van der Waals surface area contributed by atoms with Crippen LogP contribution in [-0.2, 0) is 12.6 Å². The van der Waals surface area contributed by atoms with Gasteiger partial charge in [0, 0.05) is 17.5 Å². The first kappa shape index (κ1) is 14.7. The molecule has 0 bridgehead atoms. The van der Waals surface area contributed by atoms with E-state index in [4.69, 9.17) is 4.42 Å². The van der Waals surface area contributed by atoms with Crippen LogP contribution in [-0.4, -0.2) is 5.11 Å². The highest BCUT2D eigenvalue weighted by Gasteiger charge is 2.30. The Balaban J connectivity index is 2.37. The summed E-state index contributed by atoms with van der Waals surface area (Å²) in [7, 11) is 0. The minimum atomic E-state index is -4.35. The quantitative estimate of drug-likeness (QED) is 0.894. The molecular weight excluding hydrogens is 269 g/mol. The van der Waals surface area contributed by atoms with Crippen molar-refractivity contribution >= 4 is 0 Å². The lowest BCUT2D eigenvalue weighted by atomic mass is 10.1. The topological polar surface area (TPSA) is 33.4 Å². The van der Waals surface area contributed by atoms with E-state index < -0.39 is 17.8 Å². The number of aliphatic hydroxyl groups excluding tert-OH is 1. The average Bonchev–Trinajstić information content (AvgIpc) is 2.82. The molecule has 1 aromatic heterocycles. The molecule has 0 spiro atoms. The molecule has 2 aromatic rings. The summed E-state index contributed by atoms with van der Waals surface area (Å²) in [6, 6.07) is 6.45. The van der Waals surface area contributed by atoms with E-state index in [0.29, 0.717) is 29.1 Å². The lowest BCUT2D eigenvalue weighted by Gasteiger charge is -2.06. The van der Waals surface area contributed by atoms with Crippen LogP contribution in [0.1, 0.15) is 36.8 Å². The lowest BCUT2D eigenvalue weighted by Crippen LogP contribution is -2.03. The van der Waals surface area contributed by atoms with Crippen LogP contribution in [0.4, 0.5) is 13.2 Å². The third-order valence-electron chi connectivity index (χ3n) is 3.11. The third kappa shape index (κ3) is 2.88. The highest BCUT2D eigenvalue weighted by Crippen LogP contribution is 2.33. The van der Waals surface area contributed by atoms with Gasteiger partial charge in [-0.3, -0.25) is 0 Å². The van der Waals surface area contributed by atoms with Gasteiger partial charge in [0.15, 0.2) is 0 Å². The molecule has 1 N–H and O–H groups in total. The number of benzene rings is 1. The van der Waals surface area contributed by atoms with Gasteiger partial charge >= 0.3 is 6.18 Å². The molecule has 0 radical (unpaired) electrons. The monoisotopic (exact) mass is 284 g/mol. The van der Waals surface area contributed by atoms with Crippen molar-refractivity contribution in [1.29, 1.82) is 0 Å². The number of rotatable bonds is 3. The fourth-order valence-corrected chi connectivity index (χ4v) is 2.04. The minimum Gasteiger partial charge on any atom is -0.461 e. The largest absolute Gasteiger partial charge is 0.461 e. The molecule has 2 nitrogen and oxygen atoms in total. The van der Waals surface area contributed by atoms with Gasteiger partial charge in [-0.1, -0.05) is 19.1 Å². The van der Waals surface area contributed by atoms with Crippen molar-refractivity contribution in [3.8, 4) is 11.3 Å². The van der Waals surface area contributed by atoms with Gasteiger partial charge in [-0.2, -0.15) is 13.2 Å². The van der Waals surface area contributed by atoms with Crippen LogP contribution in [0.25, 0.3) is 11.3 Å². The first-order chi connectivity index (χ1) is 9.32. The van der Waals surface area contributed by atoms with Gasteiger partial charge in [-0.25, -0.2) is 0 Å². The van der Waals surface area contributed by atoms with Gasteiger partial charge in [0.1, 0.15) is 11.5 Å². The Hall–Kier alpha value is -1.75. The lowest BCUT2D eigenvalue weighted by molar-refractivity contribution is -0.137. The van der Waals surface area contributed by atoms with Crippen LogP contribution in [0.3, 0.4) is 0 Å². The van der Waals surface area contributed by atoms with E-state index in [1.807, 2.05) is 6.92 Å². The zero-order valence-corrected chi connectivity index (χ0v) is 11.2. The van der Waals surface area contributed by atoms with Crippen molar-refractivity contribution in [2.45, 2.75) is 32.5 Å². The summed E-state index contributed by atoms with van der Waals surface area (Å²) in [6.07, 6.45) is -4.40. The molecule has 1 unspecified atom stereocenters. The van der Waals surface area contributed by atoms with Crippen molar-refractivity contribution < 1.29 is 22.7 Å². The smallest absolute Gasteiger partial charge is 0.416 e. The van der Waals surface area contributed by atoms with Gasteiger partial charge in [-0.15, -0.1) is 0 Å². The Kier molecular flexibility index (Phi) is 3.90. The first-order valence-electron chi connectivity index (χ1n) is 6.31. The predicted molar refractivity (Wildman–Crippen MR) is 69.2 cm³/mol. The second kappa shape index (κ2) is 5.32. The van der Waals surface area contributed by atoms with Crippen LogP contribution >= 0.6 is 0 Å². The number of aliphatic hydroxyl groups is 1. The number of furan rings is 1. The maximum Gasteiger partial charge on any atom is 0.416 e. The summed E-state index contributed by atoms with van der Waals surface area (Å²) in [5.41, 5.74) is 0.529. The van der Waals surface area contributed by atoms with E-state index in [1.165, 1.54) is 12.1 Å². The maximum absolute atomic E-state index is 12.5. The molecule has 0 saturated heterocycles. The van der Waals surface area contributed by atoms with Gasteiger partial charge < -0.3 is 9.52 Å². The van der Waals surface area contributed by atoms with Crippen LogP contribution in [0, 0.1) is 0 Å². The van der Waals surface area contributed by atoms with Crippen molar-refractivity contribution in [2.24, 2.45) is 0 Å². The van der Waals surface area contributed by atoms with Gasteiger partial charge in [0.05, 0.1) is 11.7 Å². The molecule has 0 saturated carbocycles. The standard InChI is InChI=1S/C15H15F3O2/c1-3-13-12(9(2)19)8-14(20-13)10-4-6-11(7-5-10)15(16,17)18/h4-9,19H,3H2,1-2H3. The fourth-order valence-electron chi connectivity index (χ4n) is 2.04. The van der Waals surface area contributed by atoms with E-state index >= 15 is 0 Å². The van der Waals surface area contributed by atoms with Crippen molar-refractivity contribution in [2.75, 3.05) is 0 Å². The van der Waals surface area contributed by atoms with E-state index in [-0.39, 0.29) is 0 Å². The molecular formula is C15H15F3O2. The summed E-state index contributed by atoms with van der Waals surface area (Å²) in [4.78, 5) is 0. The molecule has 0 amide bonds. The Morgan fingerprint density at radius 3 is 2.20 bits per heavy atom. The van der Waals surface area contributed by atoms with Crippen molar-refractivity contribution in [3.05, 3.63) is 47.2 Å². The highest BCUT2D eigenvalue weighted by atomic mass is 19.4. The van der Waals surface area contributed by atoms with Crippen molar-refractivity contribution in [1.82, 2.24) is 0 Å². The number of alkyl halides is 3. The zero-order valence-electron chi connectivity index (χ0n) is 11.2. The number of hydrogen-bond donors (Lipinski definition) is 1. The molecule has 2 rings (SSSR count). The summed E-state index contributed by atoms with van der Waals surface area (Å²) in [5.74, 6) is 1.11. The molecule has 0 fully saturated rings. The molecule has 0 aliphatic heterocycles. The third-order valence-corrected chi connectivity index (χ3v) is 3.11. The van der Waals surface area contributed by atoms with E-state index in [2.05, 4.69) is 0 Å². The van der Waals surface area contributed by atoms with E-state index in [1.54, 1.807) is 13.0 Å². The van der Waals surface area contributed by atoms with Gasteiger partial charge in [-0.05, 0) is 25.1 Å². The highest BCUT2D eigenvalue weighted by molar-refractivity contribution is 5.59. The van der Waals surface area contributed by atoms with Crippen LogP contribution in [0.15, 0.2) is 34.7 Å². The predicted octanol–water partition coefficient (Wildman–Crippen LogP) is 4.58. The second-order valence-electron chi connectivity index (χ2n) is 4.59. The molecule has 1 aromatic carbocycles. The SMILES string of the molecule is CCc1oc(-c2ccc(C(F)(F)F)cc2)cc1C(C)O. The number of halogens is 3. The first-order valence-corrected chi connectivity index (χ1v) is 6.31. The molecule has 1 atom stereocenters. The average molecular weight is 284 g/mol. The maximum atomic E-state index is 12.5. The summed E-state index contributed by atoms with van der Waals surface area (Å²) in [5, 5.41) is 9.64. The van der Waals surface area contributed by atoms with E-state index in [9.17, 15) is 18.3 Å². The van der Waals surface area contributed by atoms with Crippen LogP contribution < -0.4 is 0 Å². The normalized spacial score (nSPS) is 13.5. The van der Waals surface area contributed by atoms with Crippen LogP contribution in [0.5, 0.6) is 0 Å². The van der Waals surface area contributed by atoms with E-state index in [0.717, 1.165) is 12.1 Å². The Morgan fingerprint density at radius 2 is 1.80 bits per heavy atom. The van der Waals surface area contributed by atoms with Crippen molar-refractivity contribution in [3.63, 3.8) is 0 Å². The van der Waals surface area contributed by atoms with Crippen LogP contribution in [0.2, 0.25) is 0 Å². The Bertz CT molecular complexity index is 580. The fraction of sp³-hybridized carbons (Fsp3) is 0.333. The Morgan fingerprint density at radius 1 is 1.20 bits per heavy atom. The number of hydrogen-bond acceptors (Lipinski definition) is 2. The molecule has 20 heavy (non-hydrogen) atoms. The molecule has 0 aliphatic carbocycles. The summed E-state index contributed by atoms with van der Waals surface area (Å²) in [6.45, 7) is 3.52. The second-order valence-corrected chi connectivity index (χ2v) is 4.59. The molecule has 0 aliphatic rings.